The van der Waals surface area contributed by atoms with Crippen molar-refractivity contribution in [1.29, 1.82) is 0 Å². The maximum atomic E-state index is 6.11. The summed E-state index contributed by atoms with van der Waals surface area (Å²) in [5.74, 6) is 1.03. The largest absolute Gasteiger partial charge is 0.490 e. The van der Waals surface area contributed by atoms with E-state index in [1.165, 1.54) is 37.7 Å². The van der Waals surface area contributed by atoms with E-state index in [-0.39, 0.29) is 11.5 Å². The second kappa shape index (κ2) is 4.02. The molecule has 0 heterocycles. The molecule has 0 saturated heterocycles. The molecule has 2 fully saturated rings. The van der Waals surface area contributed by atoms with Gasteiger partial charge in [0.2, 0.25) is 0 Å². The van der Waals surface area contributed by atoms with Crippen molar-refractivity contribution in [1.82, 2.24) is 0 Å². The summed E-state index contributed by atoms with van der Waals surface area (Å²) < 4.78 is 5.95. The smallest absolute Gasteiger partial charge is 0.120 e. The van der Waals surface area contributed by atoms with Gasteiger partial charge in [-0.15, -0.1) is 0 Å². The zero-order valence-electron chi connectivity index (χ0n) is 10.5. The van der Waals surface area contributed by atoms with E-state index in [9.17, 15) is 0 Å². The minimum atomic E-state index is 0.235. The van der Waals surface area contributed by atoms with Crippen molar-refractivity contribution in [3.8, 4) is 5.75 Å². The molecule has 17 heavy (non-hydrogen) atoms. The molecule has 2 N–H and O–H groups in total. The van der Waals surface area contributed by atoms with Gasteiger partial charge in [-0.3, -0.25) is 0 Å². The lowest BCUT2D eigenvalue weighted by Gasteiger charge is -2.27. The van der Waals surface area contributed by atoms with Gasteiger partial charge in [0.05, 0.1) is 6.10 Å². The molecule has 92 valence electrons. The van der Waals surface area contributed by atoms with Gasteiger partial charge >= 0.3 is 0 Å². The zero-order valence-corrected chi connectivity index (χ0v) is 10.5. The third kappa shape index (κ3) is 1.95. The number of hydrogen-bond acceptors (Lipinski definition) is 2. The molecule has 2 saturated carbocycles. The fourth-order valence-corrected chi connectivity index (χ4v) is 2.70. The van der Waals surface area contributed by atoms with E-state index in [4.69, 9.17) is 10.5 Å². The minimum Gasteiger partial charge on any atom is -0.490 e. The van der Waals surface area contributed by atoms with Crippen molar-refractivity contribution < 1.29 is 4.74 Å². The molecule has 2 aliphatic carbocycles. The van der Waals surface area contributed by atoms with E-state index in [0.717, 1.165) is 5.75 Å². The molecular formula is C15H21NO. The summed E-state index contributed by atoms with van der Waals surface area (Å²) in [6, 6.07) is 8.81. The molecular weight excluding hydrogens is 210 g/mol. The maximum Gasteiger partial charge on any atom is 0.120 e. The molecule has 2 heteroatoms. The molecule has 2 aliphatic rings. The second-order valence-corrected chi connectivity index (χ2v) is 5.64. The first-order valence-corrected chi connectivity index (χ1v) is 6.73. The lowest BCUT2D eigenvalue weighted by atomic mass is 9.89. The van der Waals surface area contributed by atoms with Crippen LogP contribution in [0.1, 0.15) is 44.6 Å². The van der Waals surface area contributed by atoms with Gasteiger partial charge in [-0.05, 0) is 56.7 Å². The average molecular weight is 231 g/mol. The number of nitrogens with two attached hydrogens (primary N) is 1. The first-order chi connectivity index (χ1) is 8.21. The Morgan fingerprint density at radius 1 is 1.35 bits per heavy atom. The van der Waals surface area contributed by atoms with Crippen molar-refractivity contribution in [3.63, 3.8) is 0 Å². The average Bonchev–Trinajstić information content (AvgIpc) is 3.05. The van der Waals surface area contributed by atoms with E-state index < -0.39 is 0 Å². The highest BCUT2D eigenvalue weighted by molar-refractivity contribution is 5.39. The summed E-state index contributed by atoms with van der Waals surface area (Å²) in [7, 11) is 0. The second-order valence-electron chi connectivity index (χ2n) is 5.64. The van der Waals surface area contributed by atoms with Gasteiger partial charge in [0.25, 0.3) is 0 Å². The van der Waals surface area contributed by atoms with Gasteiger partial charge in [0.15, 0.2) is 0 Å². The third-order valence-electron chi connectivity index (χ3n) is 4.42. The number of hydrogen-bond donors (Lipinski definition) is 1. The Hall–Kier alpha value is -1.02. The van der Waals surface area contributed by atoms with Crippen LogP contribution in [0.3, 0.4) is 0 Å². The summed E-state index contributed by atoms with van der Waals surface area (Å²) in [6.07, 6.45) is 6.63. The van der Waals surface area contributed by atoms with Crippen LogP contribution in [0.15, 0.2) is 24.3 Å². The zero-order chi connectivity index (χ0) is 11.9. The fraction of sp³-hybridized carbons (Fsp3) is 0.600. The van der Waals surface area contributed by atoms with Crippen molar-refractivity contribution >= 4 is 0 Å². The highest BCUT2D eigenvalue weighted by atomic mass is 16.5. The van der Waals surface area contributed by atoms with Crippen molar-refractivity contribution in [2.45, 2.75) is 56.6 Å². The quantitative estimate of drug-likeness (QED) is 0.864. The van der Waals surface area contributed by atoms with Crippen LogP contribution in [-0.4, -0.2) is 12.1 Å². The van der Waals surface area contributed by atoms with E-state index in [2.05, 4.69) is 31.2 Å². The molecule has 2 nitrogen and oxygen atoms in total. The van der Waals surface area contributed by atoms with Crippen LogP contribution in [-0.2, 0) is 5.41 Å². The van der Waals surface area contributed by atoms with E-state index in [1.54, 1.807) is 0 Å². The molecule has 0 radical (unpaired) electrons. The maximum absolute atomic E-state index is 6.11. The van der Waals surface area contributed by atoms with Gasteiger partial charge in [0.1, 0.15) is 5.75 Å². The molecule has 1 aromatic rings. The highest BCUT2D eigenvalue weighted by Gasteiger charge is 2.47. The fourth-order valence-electron chi connectivity index (χ4n) is 2.70. The van der Waals surface area contributed by atoms with Crippen LogP contribution in [0.4, 0.5) is 0 Å². The summed E-state index contributed by atoms with van der Waals surface area (Å²) >= 11 is 0. The summed E-state index contributed by atoms with van der Waals surface area (Å²) in [5, 5.41) is 0. The van der Waals surface area contributed by atoms with Crippen LogP contribution in [0, 0.1) is 0 Å². The Labute approximate surface area is 103 Å². The van der Waals surface area contributed by atoms with Crippen LogP contribution < -0.4 is 10.5 Å². The molecule has 1 atom stereocenters. The highest BCUT2D eigenvalue weighted by Crippen LogP contribution is 2.50. The number of ether oxygens (including phenoxy) is 1. The van der Waals surface area contributed by atoms with E-state index in [0.29, 0.717) is 6.10 Å². The lowest BCUT2D eigenvalue weighted by Crippen LogP contribution is -2.31. The molecule has 0 bridgehead atoms. The van der Waals surface area contributed by atoms with Gasteiger partial charge in [-0.1, -0.05) is 12.1 Å². The Bertz CT molecular complexity index is 405. The van der Waals surface area contributed by atoms with Crippen LogP contribution in [0.5, 0.6) is 5.75 Å². The normalized spacial score (nSPS) is 23.9. The first-order valence-electron chi connectivity index (χ1n) is 6.73. The van der Waals surface area contributed by atoms with Crippen molar-refractivity contribution in [2.24, 2.45) is 5.73 Å². The Morgan fingerprint density at radius 2 is 2.12 bits per heavy atom. The molecule has 1 unspecified atom stereocenters. The third-order valence-corrected chi connectivity index (χ3v) is 4.42. The summed E-state index contributed by atoms with van der Waals surface area (Å²) in [6.45, 7) is 2.12. The molecule has 0 spiro atoms. The number of benzene rings is 1. The van der Waals surface area contributed by atoms with Gasteiger partial charge in [-0.2, -0.15) is 0 Å². The van der Waals surface area contributed by atoms with Crippen molar-refractivity contribution in [2.75, 3.05) is 0 Å². The molecule has 0 aromatic heterocycles. The predicted octanol–water partition coefficient (Wildman–Crippen LogP) is 3.00. The Kier molecular flexibility index (Phi) is 2.62. The van der Waals surface area contributed by atoms with E-state index in [1.807, 2.05) is 0 Å². The lowest BCUT2D eigenvalue weighted by molar-refractivity contribution is 0.120. The van der Waals surface area contributed by atoms with Gasteiger partial charge in [-0.25, -0.2) is 0 Å². The SMILES string of the molecule is CC(N)C1(c2cccc(OC3CCC3)c2)CC1. The first kappa shape index (κ1) is 11.1. The summed E-state index contributed by atoms with van der Waals surface area (Å²) in [5.41, 5.74) is 7.71. The molecule has 0 amide bonds. The monoisotopic (exact) mass is 231 g/mol. The topological polar surface area (TPSA) is 35.2 Å². The standard InChI is InChI=1S/C15H21NO/c1-11(16)15(8-9-15)12-4-2-7-14(10-12)17-13-5-3-6-13/h2,4,7,10-11,13H,3,5-6,8-9,16H2,1H3. The van der Waals surface area contributed by atoms with Crippen molar-refractivity contribution in [3.05, 3.63) is 29.8 Å². The van der Waals surface area contributed by atoms with Crippen LogP contribution in [0.25, 0.3) is 0 Å². The number of rotatable bonds is 4. The van der Waals surface area contributed by atoms with Crippen LogP contribution >= 0.6 is 0 Å². The predicted molar refractivity (Wildman–Crippen MR) is 69.3 cm³/mol. The van der Waals surface area contributed by atoms with Gasteiger partial charge < -0.3 is 10.5 Å². The Balaban J connectivity index is 1.79. The van der Waals surface area contributed by atoms with Gasteiger partial charge in [0, 0.05) is 11.5 Å². The minimum absolute atomic E-state index is 0.235. The molecule has 0 aliphatic heterocycles. The summed E-state index contributed by atoms with van der Waals surface area (Å²) in [4.78, 5) is 0. The Morgan fingerprint density at radius 3 is 2.65 bits per heavy atom. The van der Waals surface area contributed by atoms with Crippen LogP contribution in [0.2, 0.25) is 0 Å². The van der Waals surface area contributed by atoms with E-state index >= 15 is 0 Å². The molecule has 1 aromatic carbocycles. The molecule has 3 rings (SSSR count).